The van der Waals surface area contributed by atoms with E-state index >= 15 is 0 Å². The van der Waals surface area contributed by atoms with Crippen molar-refractivity contribution < 1.29 is 9.53 Å². The number of fused-ring (bicyclic) bond motifs is 1. The second-order valence-electron chi connectivity index (χ2n) is 6.68. The Morgan fingerprint density at radius 3 is 2.67 bits per heavy atom. The molecule has 4 nitrogen and oxygen atoms in total. The minimum atomic E-state index is -0.238. The predicted octanol–water partition coefficient (Wildman–Crippen LogP) is 5.26. The van der Waals surface area contributed by atoms with Crippen molar-refractivity contribution in [1.29, 1.82) is 0 Å². The Balaban J connectivity index is 1.96. The Morgan fingerprint density at radius 1 is 1.15 bits per heavy atom. The van der Waals surface area contributed by atoms with E-state index in [2.05, 4.69) is 49.4 Å². The van der Waals surface area contributed by atoms with E-state index in [0.717, 1.165) is 40.2 Å². The van der Waals surface area contributed by atoms with Crippen LogP contribution in [0.1, 0.15) is 48.2 Å². The van der Waals surface area contributed by atoms with Crippen LogP contribution in [0.25, 0.3) is 10.2 Å². The summed E-state index contributed by atoms with van der Waals surface area (Å²) in [7, 11) is 0. The Labute approximate surface area is 164 Å². The largest absolute Gasteiger partial charge is 0.494 e. The molecule has 3 rings (SSSR count). The molecule has 27 heavy (non-hydrogen) atoms. The molecule has 0 saturated heterocycles. The minimum Gasteiger partial charge on any atom is -0.494 e. The fourth-order valence-electron chi connectivity index (χ4n) is 2.92. The minimum absolute atomic E-state index is 0.238. The van der Waals surface area contributed by atoms with E-state index in [-0.39, 0.29) is 5.91 Å². The predicted molar refractivity (Wildman–Crippen MR) is 112 cm³/mol. The molecule has 1 heterocycles. The van der Waals surface area contributed by atoms with Crippen LogP contribution >= 0.6 is 11.3 Å². The normalized spacial score (nSPS) is 11.9. The van der Waals surface area contributed by atoms with Crippen molar-refractivity contribution in [3.63, 3.8) is 0 Å². The number of thiazole rings is 1. The van der Waals surface area contributed by atoms with Gasteiger partial charge in [-0.15, -0.1) is 0 Å². The summed E-state index contributed by atoms with van der Waals surface area (Å²) in [6, 6.07) is 11.6. The van der Waals surface area contributed by atoms with Gasteiger partial charge in [0.2, 0.25) is 0 Å². The highest BCUT2D eigenvalue weighted by Crippen LogP contribution is 2.22. The van der Waals surface area contributed by atoms with E-state index in [1.165, 1.54) is 11.1 Å². The third-order valence-electron chi connectivity index (χ3n) is 4.66. The van der Waals surface area contributed by atoms with Crippen LogP contribution in [0.5, 0.6) is 5.75 Å². The maximum atomic E-state index is 12.7. The average molecular weight is 383 g/mol. The fraction of sp³-hybridized carbons (Fsp3) is 0.364. The first-order valence-electron chi connectivity index (χ1n) is 9.46. The van der Waals surface area contributed by atoms with Gasteiger partial charge in [-0.3, -0.25) is 4.79 Å². The molecule has 0 aliphatic heterocycles. The smallest absolute Gasteiger partial charge is 0.279 e. The number of nitrogens with zero attached hydrogens (tertiary/aromatic N) is 2. The van der Waals surface area contributed by atoms with E-state index in [1.807, 2.05) is 12.1 Å². The van der Waals surface area contributed by atoms with E-state index < -0.39 is 0 Å². The third-order valence-corrected chi connectivity index (χ3v) is 5.70. The summed E-state index contributed by atoms with van der Waals surface area (Å²) in [5.74, 6) is 0.480. The quantitative estimate of drug-likeness (QED) is 0.546. The zero-order valence-corrected chi connectivity index (χ0v) is 17.2. The Morgan fingerprint density at radius 2 is 1.93 bits per heavy atom. The van der Waals surface area contributed by atoms with Gasteiger partial charge in [0, 0.05) is 12.1 Å². The maximum Gasteiger partial charge on any atom is 0.279 e. The summed E-state index contributed by atoms with van der Waals surface area (Å²) < 4.78 is 8.97. The molecule has 3 aromatic rings. The number of ether oxygens (including phenoxy) is 1. The lowest BCUT2D eigenvalue weighted by Gasteiger charge is -2.06. The lowest BCUT2D eigenvalue weighted by atomic mass is 10.1. The van der Waals surface area contributed by atoms with Crippen molar-refractivity contribution in [2.45, 2.75) is 47.1 Å². The van der Waals surface area contributed by atoms with Gasteiger partial charge in [0.25, 0.3) is 5.91 Å². The number of unbranched alkanes of at least 4 members (excludes halogenated alkanes) is 1. The highest BCUT2D eigenvalue weighted by atomic mass is 32.1. The molecule has 142 valence electrons. The van der Waals surface area contributed by atoms with Gasteiger partial charge in [-0.2, -0.15) is 4.99 Å². The molecular formula is C22H26N2O2S. The highest BCUT2D eigenvalue weighted by molar-refractivity contribution is 7.16. The van der Waals surface area contributed by atoms with Crippen molar-refractivity contribution in [2.75, 3.05) is 6.61 Å². The molecular weight excluding hydrogens is 356 g/mol. The van der Waals surface area contributed by atoms with Crippen LogP contribution in [0.15, 0.2) is 41.4 Å². The molecule has 1 aromatic heterocycles. The number of amides is 1. The molecule has 0 bridgehead atoms. The van der Waals surface area contributed by atoms with Gasteiger partial charge in [-0.05, 0) is 68.7 Å². The van der Waals surface area contributed by atoms with Crippen molar-refractivity contribution in [2.24, 2.45) is 4.99 Å². The van der Waals surface area contributed by atoms with Crippen molar-refractivity contribution in [3.8, 4) is 5.75 Å². The van der Waals surface area contributed by atoms with Gasteiger partial charge in [0.1, 0.15) is 5.75 Å². The second kappa shape index (κ2) is 8.53. The molecule has 1 amide bonds. The van der Waals surface area contributed by atoms with E-state index in [1.54, 1.807) is 23.5 Å². The first-order chi connectivity index (χ1) is 13.0. The summed E-state index contributed by atoms with van der Waals surface area (Å²) in [4.78, 5) is 17.9. The summed E-state index contributed by atoms with van der Waals surface area (Å²) in [5, 5.41) is 0. The summed E-state index contributed by atoms with van der Waals surface area (Å²) in [6.07, 6.45) is 2.08. The van der Waals surface area contributed by atoms with Crippen LogP contribution in [0.4, 0.5) is 0 Å². The zero-order valence-electron chi connectivity index (χ0n) is 16.4. The van der Waals surface area contributed by atoms with Gasteiger partial charge in [0.05, 0.1) is 16.8 Å². The Kier molecular flexibility index (Phi) is 6.11. The van der Waals surface area contributed by atoms with Gasteiger partial charge < -0.3 is 9.30 Å². The molecule has 0 radical (unpaired) electrons. The van der Waals surface area contributed by atoms with Crippen molar-refractivity contribution >= 4 is 27.5 Å². The molecule has 0 unspecified atom stereocenters. The van der Waals surface area contributed by atoms with E-state index in [0.29, 0.717) is 12.2 Å². The standard InChI is InChI=1S/C22H26N2O2S/c1-5-7-11-26-18-10-8-9-17(14-18)21(25)23-22-24(6-2)19-12-15(3)16(4)13-20(19)27-22/h8-10,12-14H,5-7,11H2,1-4H3. The summed E-state index contributed by atoms with van der Waals surface area (Å²) in [6.45, 7) is 9.85. The van der Waals surface area contributed by atoms with Gasteiger partial charge in [-0.25, -0.2) is 0 Å². The number of carbonyl (C=O) groups is 1. The number of hydrogen-bond donors (Lipinski definition) is 0. The summed E-state index contributed by atoms with van der Waals surface area (Å²) >= 11 is 1.56. The van der Waals surface area contributed by atoms with Crippen LogP contribution in [0.3, 0.4) is 0 Å². The van der Waals surface area contributed by atoms with Crippen molar-refractivity contribution in [1.82, 2.24) is 4.57 Å². The average Bonchev–Trinajstić information content (AvgIpc) is 2.98. The van der Waals surface area contributed by atoms with Gasteiger partial charge in [0.15, 0.2) is 4.80 Å². The number of carbonyl (C=O) groups excluding carboxylic acids is 1. The SMILES string of the molecule is CCCCOc1cccc(C(=O)N=c2sc3cc(C)c(C)cc3n2CC)c1. The molecule has 0 N–H and O–H groups in total. The van der Waals surface area contributed by atoms with Gasteiger partial charge >= 0.3 is 0 Å². The fourth-order valence-corrected chi connectivity index (χ4v) is 4.09. The molecule has 5 heteroatoms. The van der Waals surface area contributed by atoms with Crippen LogP contribution < -0.4 is 9.54 Å². The molecule has 0 spiro atoms. The monoisotopic (exact) mass is 382 g/mol. The van der Waals surface area contributed by atoms with Crippen molar-refractivity contribution in [3.05, 3.63) is 57.9 Å². The molecule has 0 aliphatic rings. The number of benzene rings is 2. The van der Waals surface area contributed by atoms with Crippen LogP contribution in [-0.4, -0.2) is 17.1 Å². The topological polar surface area (TPSA) is 43.6 Å². The third kappa shape index (κ3) is 4.30. The van der Waals surface area contributed by atoms with E-state index in [9.17, 15) is 4.79 Å². The van der Waals surface area contributed by atoms with E-state index in [4.69, 9.17) is 4.74 Å². The number of aromatic nitrogens is 1. The van der Waals surface area contributed by atoms with Gasteiger partial charge in [-0.1, -0.05) is 30.7 Å². The molecule has 0 aliphatic carbocycles. The lowest BCUT2D eigenvalue weighted by molar-refractivity contribution is 0.0997. The second-order valence-corrected chi connectivity index (χ2v) is 7.69. The van der Waals surface area contributed by atoms with Crippen LogP contribution in [-0.2, 0) is 6.54 Å². The van der Waals surface area contributed by atoms with Crippen LogP contribution in [0.2, 0.25) is 0 Å². The van der Waals surface area contributed by atoms with Crippen LogP contribution in [0, 0.1) is 13.8 Å². The number of aryl methyl sites for hydroxylation is 3. The Hall–Kier alpha value is -2.40. The maximum absolute atomic E-state index is 12.7. The highest BCUT2D eigenvalue weighted by Gasteiger charge is 2.10. The number of rotatable bonds is 6. The molecule has 0 atom stereocenters. The molecule has 0 saturated carbocycles. The summed E-state index contributed by atoms with van der Waals surface area (Å²) in [5.41, 5.74) is 4.18. The molecule has 0 fully saturated rings. The Bertz CT molecular complexity index is 1030. The zero-order chi connectivity index (χ0) is 19.4. The lowest BCUT2D eigenvalue weighted by Crippen LogP contribution is -2.16. The first kappa shape index (κ1) is 19.4. The first-order valence-corrected chi connectivity index (χ1v) is 10.3. The molecule has 2 aromatic carbocycles. The number of hydrogen-bond acceptors (Lipinski definition) is 3.